The van der Waals surface area contributed by atoms with Crippen molar-refractivity contribution in [1.82, 2.24) is 14.9 Å². The van der Waals surface area contributed by atoms with Crippen LogP contribution in [-0.4, -0.2) is 51.5 Å². The van der Waals surface area contributed by atoms with Crippen molar-refractivity contribution in [2.24, 2.45) is 11.8 Å². The second-order valence-electron chi connectivity index (χ2n) is 6.97. The Labute approximate surface area is 146 Å². The first kappa shape index (κ1) is 16.0. The highest BCUT2D eigenvalue weighted by Gasteiger charge is 2.42. The second kappa shape index (κ2) is 6.80. The number of likely N-dealkylation sites (tertiary alicyclic amines) is 1. The van der Waals surface area contributed by atoms with Crippen LogP contribution < -0.4 is 4.74 Å². The number of rotatable bonds is 5. The molecule has 0 spiro atoms. The summed E-state index contributed by atoms with van der Waals surface area (Å²) in [5.41, 5.74) is 0.653. The van der Waals surface area contributed by atoms with Gasteiger partial charge in [0.25, 0.3) is 0 Å². The normalized spacial score (nSPS) is 25.7. The van der Waals surface area contributed by atoms with Gasteiger partial charge in [-0.3, -0.25) is 9.69 Å². The number of ketones is 1. The quantitative estimate of drug-likeness (QED) is 0.841. The fraction of sp³-hybridized carbons (Fsp3) is 0.421. The Morgan fingerprint density at radius 3 is 2.40 bits per heavy atom. The molecule has 2 heterocycles. The Kier molecular flexibility index (Phi) is 4.36. The number of hydrogen-bond donors (Lipinski definition) is 1. The van der Waals surface area contributed by atoms with Gasteiger partial charge in [-0.1, -0.05) is 0 Å². The summed E-state index contributed by atoms with van der Waals surface area (Å²) in [4.78, 5) is 22.6. The Balaban J connectivity index is 1.29. The van der Waals surface area contributed by atoms with Crippen molar-refractivity contribution >= 4 is 5.78 Å². The molecule has 0 bridgehead atoms. The molecule has 1 saturated carbocycles. The van der Waals surface area contributed by atoms with Crippen molar-refractivity contribution in [3.05, 3.63) is 48.5 Å². The van der Waals surface area contributed by atoms with Gasteiger partial charge in [-0.05, 0) is 48.9 Å². The van der Waals surface area contributed by atoms with E-state index in [-0.39, 0.29) is 17.6 Å². The SMILES string of the molecule is O=C(CN1CC2C[C@H](Oc3cncnc3)C[C@H]2C1)c1ccc(O)cc1. The summed E-state index contributed by atoms with van der Waals surface area (Å²) < 4.78 is 5.97. The van der Waals surface area contributed by atoms with E-state index in [1.54, 1.807) is 36.7 Å². The van der Waals surface area contributed by atoms with Gasteiger partial charge in [0, 0.05) is 18.7 Å². The predicted molar refractivity (Wildman–Crippen MR) is 91.5 cm³/mol. The minimum absolute atomic E-state index is 0.106. The zero-order chi connectivity index (χ0) is 17.2. The van der Waals surface area contributed by atoms with Crippen LogP contribution in [0.2, 0.25) is 0 Å². The number of phenolic OH excluding ortho intramolecular Hbond substituents is 1. The number of aromatic hydroxyl groups is 1. The van der Waals surface area contributed by atoms with E-state index in [1.165, 1.54) is 6.33 Å². The molecule has 1 aromatic heterocycles. The number of benzene rings is 1. The number of carbonyl (C=O) groups excluding carboxylic acids is 1. The molecule has 3 atom stereocenters. The van der Waals surface area contributed by atoms with Crippen molar-refractivity contribution in [3.63, 3.8) is 0 Å². The van der Waals surface area contributed by atoms with Gasteiger partial charge >= 0.3 is 0 Å². The van der Waals surface area contributed by atoms with Crippen LogP contribution in [0.25, 0.3) is 0 Å². The van der Waals surface area contributed by atoms with Gasteiger partial charge in [0.15, 0.2) is 11.5 Å². The van der Waals surface area contributed by atoms with Gasteiger partial charge in [0.2, 0.25) is 0 Å². The van der Waals surface area contributed by atoms with Gasteiger partial charge in [-0.15, -0.1) is 0 Å². The van der Waals surface area contributed by atoms with E-state index >= 15 is 0 Å². The van der Waals surface area contributed by atoms with Crippen molar-refractivity contribution < 1.29 is 14.6 Å². The lowest BCUT2D eigenvalue weighted by Crippen LogP contribution is -2.30. The highest BCUT2D eigenvalue weighted by Crippen LogP contribution is 2.39. The standard InChI is InChI=1S/C19H21N3O3/c23-16-3-1-13(2-4-16)19(24)11-22-9-14-5-17(6-15(14)10-22)25-18-7-20-12-21-8-18/h1-4,7-8,12,14-15,17,23H,5-6,9-11H2/t14-,15?,17+/m0/s1. The molecule has 2 fully saturated rings. The van der Waals surface area contributed by atoms with Crippen molar-refractivity contribution in [1.29, 1.82) is 0 Å². The number of phenols is 1. The summed E-state index contributed by atoms with van der Waals surface area (Å²) in [5, 5.41) is 9.32. The first-order chi connectivity index (χ1) is 12.2. The van der Waals surface area contributed by atoms with Crippen LogP contribution in [0.5, 0.6) is 11.5 Å². The van der Waals surface area contributed by atoms with Crippen LogP contribution >= 0.6 is 0 Å². The lowest BCUT2D eigenvalue weighted by molar-refractivity contribution is 0.0936. The number of ether oxygens (including phenoxy) is 1. The topological polar surface area (TPSA) is 75.6 Å². The van der Waals surface area contributed by atoms with Gasteiger partial charge in [0.05, 0.1) is 25.0 Å². The minimum Gasteiger partial charge on any atom is -0.508 e. The van der Waals surface area contributed by atoms with Crippen LogP contribution in [0.3, 0.4) is 0 Å². The number of nitrogens with zero attached hydrogens (tertiary/aromatic N) is 3. The molecular weight excluding hydrogens is 318 g/mol. The maximum Gasteiger partial charge on any atom is 0.176 e. The van der Waals surface area contributed by atoms with Crippen LogP contribution in [0.1, 0.15) is 23.2 Å². The lowest BCUT2D eigenvalue weighted by atomic mass is 10.0. The molecule has 0 radical (unpaired) electrons. The molecule has 1 aliphatic heterocycles. The fourth-order valence-corrected chi connectivity index (χ4v) is 4.05. The van der Waals surface area contributed by atoms with E-state index in [1.807, 2.05) is 0 Å². The third-order valence-electron chi connectivity index (χ3n) is 5.18. The maximum atomic E-state index is 12.4. The lowest BCUT2D eigenvalue weighted by Gasteiger charge is -2.19. The Hall–Kier alpha value is -2.47. The average Bonchev–Trinajstić information content (AvgIpc) is 3.14. The first-order valence-corrected chi connectivity index (χ1v) is 8.63. The van der Waals surface area contributed by atoms with Crippen molar-refractivity contribution in [2.45, 2.75) is 18.9 Å². The molecule has 130 valence electrons. The molecule has 2 aromatic rings. The molecule has 2 aliphatic rings. The third-order valence-corrected chi connectivity index (χ3v) is 5.18. The van der Waals surface area contributed by atoms with Gasteiger partial charge < -0.3 is 9.84 Å². The molecule has 0 amide bonds. The second-order valence-corrected chi connectivity index (χ2v) is 6.97. The van der Waals surface area contributed by atoms with Crippen molar-refractivity contribution in [2.75, 3.05) is 19.6 Å². The van der Waals surface area contributed by atoms with Crippen LogP contribution in [-0.2, 0) is 0 Å². The van der Waals surface area contributed by atoms with Crippen LogP contribution in [0.15, 0.2) is 43.0 Å². The minimum atomic E-state index is 0.106. The summed E-state index contributed by atoms with van der Waals surface area (Å²) in [5.74, 6) is 2.19. The maximum absolute atomic E-state index is 12.4. The number of aromatic nitrogens is 2. The first-order valence-electron chi connectivity index (χ1n) is 8.63. The molecule has 1 aromatic carbocycles. The average molecular weight is 339 g/mol. The zero-order valence-electron chi connectivity index (χ0n) is 13.9. The Morgan fingerprint density at radius 2 is 1.76 bits per heavy atom. The molecule has 4 rings (SSSR count). The van der Waals surface area contributed by atoms with E-state index in [9.17, 15) is 9.90 Å². The molecule has 1 unspecified atom stereocenters. The molecule has 6 heteroatoms. The summed E-state index contributed by atoms with van der Waals surface area (Å²) in [6.45, 7) is 2.33. The predicted octanol–water partition coefficient (Wildman–Crippen LogP) is 2.15. The zero-order valence-corrected chi connectivity index (χ0v) is 13.9. The summed E-state index contributed by atoms with van der Waals surface area (Å²) in [6.07, 6.45) is 7.15. The monoisotopic (exact) mass is 339 g/mol. The molecular formula is C19H21N3O3. The number of hydrogen-bond acceptors (Lipinski definition) is 6. The number of fused-ring (bicyclic) bond motifs is 1. The van der Waals surface area contributed by atoms with E-state index in [4.69, 9.17) is 4.74 Å². The molecule has 1 saturated heterocycles. The van der Waals surface area contributed by atoms with E-state index in [2.05, 4.69) is 14.9 Å². The van der Waals surface area contributed by atoms with E-state index in [0.717, 1.165) is 31.7 Å². The molecule has 25 heavy (non-hydrogen) atoms. The van der Waals surface area contributed by atoms with Gasteiger partial charge in [0.1, 0.15) is 12.1 Å². The molecule has 1 N–H and O–H groups in total. The van der Waals surface area contributed by atoms with Crippen LogP contribution in [0, 0.1) is 11.8 Å². The van der Waals surface area contributed by atoms with Crippen LogP contribution in [0.4, 0.5) is 0 Å². The third kappa shape index (κ3) is 3.64. The van der Waals surface area contributed by atoms with Gasteiger partial charge in [-0.25, -0.2) is 9.97 Å². The smallest absolute Gasteiger partial charge is 0.176 e. The highest BCUT2D eigenvalue weighted by atomic mass is 16.5. The summed E-state index contributed by atoms with van der Waals surface area (Å²) in [7, 11) is 0. The highest BCUT2D eigenvalue weighted by molar-refractivity contribution is 5.97. The van der Waals surface area contributed by atoms with Gasteiger partial charge in [-0.2, -0.15) is 0 Å². The number of Topliss-reactive ketones (excluding diaryl/α,β-unsaturated/α-hetero) is 1. The summed E-state index contributed by atoms with van der Waals surface area (Å²) >= 11 is 0. The Morgan fingerprint density at radius 1 is 1.12 bits per heavy atom. The van der Waals surface area contributed by atoms with Crippen molar-refractivity contribution in [3.8, 4) is 11.5 Å². The fourth-order valence-electron chi connectivity index (χ4n) is 4.05. The number of carbonyl (C=O) groups is 1. The van der Waals surface area contributed by atoms with E-state index < -0.39 is 0 Å². The largest absolute Gasteiger partial charge is 0.508 e. The molecule has 1 aliphatic carbocycles. The Bertz CT molecular complexity index is 721. The summed E-state index contributed by atoms with van der Waals surface area (Å²) in [6, 6.07) is 6.48. The van der Waals surface area contributed by atoms with E-state index in [0.29, 0.717) is 23.9 Å². The molecule has 6 nitrogen and oxygen atoms in total.